The quantitative estimate of drug-likeness (QED) is 0.641. The van der Waals surface area contributed by atoms with Crippen molar-refractivity contribution in [3.05, 3.63) is 70.9 Å². The number of aromatic nitrogens is 1. The summed E-state index contributed by atoms with van der Waals surface area (Å²) >= 11 is 6.18. The van der Waals surface area contributed by atoms with Crippen molar-refractivity contribution in [1.29, 1.82) is 0 Å². The summed E-state index contributed by atoms with van der Waals surface area (Å²) in [5, 5.41) is 1.36. The Labute approximate surface area is 180 Å². The van der Waals surface area contributed by atoms with Crippen molar-refractivity contribution in [2.75, 3.05) is 33.3 Å². The molecule has 4 rings (SSSR count). The largest absolute Gasteiger partial charge is 0.497 e. The third kappa shape index (κ3) is 4.09. The van der Waals surface area contributed by atoms with Gasteiger partial charge < -0.3 is 14.5 Å². The van der Waals surface area contributed by atoms with Crippen LogP contribution in [0.5, 0.6) is 5.75 Å². The van der Waals surface area contributed by atoms with Gasteiger partial charge in [-0.25, -0.2) is 4.98 Å². The van der Waals surface area contributed by atoms with Gasteiger partial charge in [-0.15, -0.1) is 0 Å². The number of carbonyl (C=O) groups is 2. The molecule has 1 aliphatic heterocycles. The Balaban J connectivity index is 1.47. The van der Waals surface area contributed by atoms with Gasteiger partial charge in [-0.05, 0) is 42.8 Å². The lowest BCUT2D eigenvalue weighted by molar-refractivity contribution is 0.0716. The minimum Gasteiger partial charge on any atom is -0.497 e. The van der Waals surface area contributed by atoms with E-state index in [0.717, 1.165) is 16.7 Å². The zero-order valence-electron chi connectivity index (χ0n) is 16.7. The van der Waals surface area contributed by atoms with Crippen molar-refractivity contribution in [2.24, 2.45) is 0 Å². The lowest BCUT2D eigenvalue weighted by Crippen LogP contribution is -2.37. The van der Waals surface area contributed by atoms with Crippen molar-refractivity contribution < 1.29 is 14.3 Å². The molecular formula is C23H22ClN3O3. The molecule has 0 N–H and O–H groups in total. The number of amides is 2. The molecule has 2 aromatic carbocycles. The van der Waals surface area contributed by atoms with Gasteiger partial charge in [-0.1, -0.05) is 29.8 Å². The molecule has 30 heavy (non-hydrogen) atoms. The van der Waals surface area contributed by atoms with E-state index in [1.807, 2.05) is 24.3 Å². The highest BCUT2D eigenvalue weighted by atomic mass is 35.5. The van der Waals surface area contributed by atoms with Crippen LogP contribution in [0.4, 0.5) is 0 Å². The number of benzene rings is 2. The van der Waals surface area contributed by atoms with E-state index in [-0.39, 0.29) is 11.8 Å². The molecule has 1 aromatic heterocycles. The highest BCUT2D eigenvalue weighted by Gasteiger charge is 2.25. The van der Waals surface area contributed by atoms with E-state index in [2.05, 4.69) is 4.98 Å². The first-order valence-corrected chi connectivity index (χ1v) is 10.2. The molecule has 7 heteroatoms. The molecule has 6 nitrogen and oxygen atoms in total. The number of fused-ring (bicyclic) bond motifs is 1. The smallest absolute Gasteiger partial charge is 0.272 e. The van der Waals surface area contributed by atoms with E-state index in [1.54, 1.807) is 47.2 Å². The Morgan fingerprint density at radius 1 is 0.933 bits per heavy atom. The molecule has 0 unspecified atom stereocenters. The number of ether oxygens (including phenoxy) is 1. The highest BCUT2D eigenvalue weighted by Crippen LogP contribution is 2.21. The van der Waals surface area contributed by atoms with Crippen molar-refractivity contribution in [3.8, 4) is 5.75 Å². The number of halogens is 1. The average Bonchev–Trinajstić information content (AvgIpc) is 3.04. The molecule has 3 aromatic rings. The van der Waals surface area contributed by atoms with Crippen LogP contribution in [-0.2, 0) is 0 Å². The Hall–Kier alpha value is -3.12. The van der Waals surface area contributed by atoms with Gasteiger partial charge in [0.15, 0.2) is 0 Å². The van der Waals surface area contributed by atoms with Gasteiger partial charge in [0, 0.05) is 31.6 Å². The number of nitrogens with zero attached hydrogens (tertiary/aromatic N) is 3. The van der Waals surface area contributed by atoms with Crippen LogP contribution < -0.4 is 4.74 Å². The Kier molecular flexibility index (Phi) is 5.86. The Bertz CT molecular complexity index is 1100. The van der Waals surface area contributed by atoms with Crippen LogP contribution in [0.15, 0.2) is 54.6 Å². The zero-order chi connectivity index (χ0) is 21.1. The first kappa shape index (κ1) is 20.2. The normalized spacial score (nSPS) is 14.5. The van der Waals surface area contributed by atoms with E-state index >= 15 is 0 Å². The second-order valence-electron chi connectivity index (χ2n) is 7.17. The zero-order valence-corrected chi connectivity index (χ0v) is 17.4. The average molecular weight is 424 g/mol. The fourth-order valence-electron chi connectivity index (χ4n) is 3.64. The summed E-state index contributed by atoms with van der Waals surface area (Å²) in [4.78, 5) is 33.9. The second kappa shape index (κ2) is 8.71. The molecule has 0 spiro atoms. The van der Waals surface area contributed by atoms with Gasteiger partial charge in [0.05, 0.1) is 23.2 Å². The molecule has 1 fully saturated rings. The maximum Gasteiger partial charge on any atom is 0.272 e. The predicted molar refractivity (Wildman–Crippen MR) is 116 cm³/mol. The minimum absolute atomic E-state index is 0.104. The summed E-state index contributed by atoms with van der Waals surface area (Å²) in [7, 11) is 1.62. The molecule has 1 saturated heterocycles. The van der Waals surface area contributed by atoms with Gasteiger partial charge in [0.1, 0.15) is 11.4 Å². The molecular weight excluding hydrogens is 402 g/mol. The van der Waals surface area contributed by atoms with Crippen molar-refractivity contribution in [3.63, 3.8) is 0 Å². The molecule has 1 aliphatic rings. The van der Waals surface area contributed by atoms with E-state index in [1.165, 1.54) is 0 Å². The van der Waals surface area contributed by atoms with Gasteiger partial charge in [0.25, 0.3) is 11.8 Å². The third-order valence-corrected chi connectivity index (χ3v) is 5.62. The first-order valence-electron chi connectivity index (χ1n) is 9.85. The number of carbonyl (C=O) groups excluding carboxylic acids is 2. The van der Waals surface area contributed by atoms with Crippen LogP contribution in [0.3, 0.4) is 0 Å². The maximum absolute atomic E-state index is 13.0. The fraction of sp³-hybridized carbons (Fsp3) is 0.261. The lowest BCUT2D eigenvalue weighted by atomic mass is 10.2. The summed E-state index contributed by atoms with van der Waals surface area (Å²) in [6, 6.07) is 16.2. The van der Waals surface area contributed by atoms with E-state index < -0.39 is 0 Å². The number of hydrogen-bond donors (Lipinski definition) is 0. The predicted octanol–water partition coefficient (Wildman–Crippen LogP) is 3.89. The number of pyridine rings is 1. The monoisotopic (exact) mass is 423 g/mol. The number of hydrogen-bond acceptors (Lipinski definition) is 4. The molecule has 0 bridgehead atoms. The Morgan fingerprint density at radius 2 is 1.67 bits per heavy atom. The van der Waals surface area contributed by atoms with Crippen LogP contribution in [0, 0.1) is 0 Å². The SMILES string of the molecule is COc1ccc2nc(C(=O)N3CCCN(C(=O)c4ccccc4Cl)CC3)ccc2c1. The second-order valence-corrected chi connectivity index (χ2v) is 7.58. The molecule has 154 valence electrons. The first-order chi connectivity index (χ1) is 14.6. The fourth-order valence-corrected chi connectivity index (χ4v) is 3.86. The lowest BCUT2D eigenvalue weighted by Gasteiger charge is -2.22. The van der Waals surface area contributed by atoms with Gasteiger partial charge >= 0.3 is 0 Å². The minimum atomic E-state index is -0.125. The van der Waals surface area contributed by atoms with Crippen molar-refractivity contribution in [1.82, 2.24) is 14.8 Å². The highest BCUT2D eigenvalue weighted by molar-refractivity contribution is 6.33. The molecule has 0 saturated carbocycles. The summed E-state index contributed by atoms with van der Waals surface area (Å²) in [5.41, 5.74) is 1.64. The van der Waals surface area contributed by atoms with Crippen LogP contribution in [0.2, 0.25) is 5.02 Å². The summed E-state index contributed by atoms with van der Waals surface area (Å²) in [6.07, 6.45) is 0.701. The van der Waals surface area contributed by atoms with Crippen LogP contribution in [-0.4, -0.2) is 59.9 Å². The third-order valence-electron chi connectivity index (χ3n) is 5.29. The van der Waals surface area contributed by atoms with Crippen molar-refractivity contribution >= 4 is 34.3 Å². The summed E-state index contributed by atoms with van der Waals surface area (Å²) in [6.45, 7) is 2.07. The van der Waals surface area contributed by atoms with Crippen LogP contribution >= 0.6 is 11.6 Å². The topological polar surface area (TPSA) is 62.7 Å². The molecule has 0 radical (unpaired) electrons. The standard InChI is InChI=1S/C23H22ClN3O3/c1-30-17-8-10-20-16(15-17)7-9-21(25-20)23(29)27-12-4-11-26(13-14-27)22(28)18-5-2-3-6-19(18)24/h2-3,5-10,15H,4,11-14H2,1H3. The Morgan fingerprint density at radius 3 is 2.40 bits per heavy atom. The molecule has 2 heterocycles. The van der Waals surface area contributed by atoms with E-state index in [4.69, 9.17) is 16.3 Å². The number of methoxy groups -OCH3 is 1. The van der Waals surface area contributed by atoms with E-state index in [0.29, 0.717) is 48.9 Å². The molecule has 2 amide bonds. The van der Waals surface area contributed by atoms with Crippen molar-refractivity contribution in [2.45, 2.75) is 6.42 Å². The van der Waals surface area contributed by atoms with Crippen LogP contribution in [0.1, 0.15) is 27.3 Å². The van der Waals surface area contributed by atoms with Crippen LogP contribution in [0.25, 0.3) is 10.9 Å². The van der Waals surface area contributed by atoms with Gasteiger partial charge in [-0.2, -0.15) is 0 Å². The van der Waals surface area contributed by atoms with Gasteiger partial charge in [-0.3, -0.25) is 9.59 Å². The van der Waals surface area contributed by atoms with Gasteiger partial charge in [0.2, 0.25) is 0 Å². The summed E-state index contributed by atoms with van der Waals surface area (Å²) < 4.78 is 5.23. The number of rotatable bonds is 3. The molecule has 0 atom stereocenters. The van der Waals surface area contributed by atoms with E-state index in [9.17, 15) is 9.59 Å². The maximum atomic E-state index is 13.0. The molecule has 0 aliphatic carbocycles. The summed E-state index contributed by atoms with van der Waals surface area (Å²) in [5.74, 6) is 0.520.